The number of aromatic nitrogens is 2. The first kappa shape index (κ1) is 15.4. The van der Waals surface area contributed by atoms with Crippen molar-refractivity contribution in [3.63, 3.8) is 0 Å². The monoisotopic (exact) mass is 202 g/mol. The Kier molecular flexibility index (Phi) is 13.1. The maximum Gasteiger partial charge on any atom is 0.315 e. The Morgan fingerprint density at radius 1 is 1.29 bits per heavy atom. The van der Waals surface area contributed by atoms with Gasteiger partial charge in [-0.2, -0.15) is 0 Å². The molecule has 0 aliphatic rings. The molecule has 0 saturated carbocycles. The first-order valence-corrected chi connectivity index (χ1v) is 4.98. The predicted molar refractivity (Wildman–Crippen MR) is 59.0 cm³/mol. The third-order valence-electron chi connectivity index (χ3n) is 0.855. The number of anilines is 1. The molecule has 0 unspecified atom stereocenters. The summed E-state index contributed by atoms with van der Waals surface area (Å²) in [7, 11) is 1.70. The molecular formula is C9H22N4O. The van der Waals surface area contributed by atoms with Gasteiger partial charge in [0.25, 0.3) is 0 Å². The molecule has 1 rings (SSSR count). The van der Waals surface area contributed by atoms with Gasteiger partial charge in [0.1, 0.15) is 0 Å². The van der Waals surface area contributed by atoms with Crippen LogP contribution in [-0.2, 0) is 6.54 Å². The van der Waals surface area contributed by atoms with Gasteiger partial charge in [0.15, 0.2) is 0 Å². The topological polar surface area (TPSA) is 77.0 Å². The van der Waals surface area contributed by atoms with Gasteiger partial charge in [-0.25, -0.2) is 0 Å². The van der Waals surface area contributed by atoms with Gasteiger partial charge in [-0.05, 0) is 0 Å². The van der Waals surface area contributed by atoms with E-state index in [4.69, 9.17) is 10.2 Å². The zero-order valence-corrected chi connectivity index (χ0v) is 9.79. The molecule has 0 fully saturated rings. The fraction of sp³-hybridized carbons (Fsp3) is 0.778. The quantitative estimate of drug-likeness (QED) is 0.767. The zero-order valence-electron chi connectivity index (χ0n) is 9.79. The molecule has 3 N–H and O–H groups in total. The Bertz CT molecular complexity index is 182. The minimum Gasteiger partial charge on any atom is -0.407 e. The minimum absolute atomic E-state index is 0.286. The summed E-state index contributed by atoms with van der Waals surface area (Å²) in [6, 6.07) is 0.399. The highest BCUT2D eigenvalue weighted by molar-refractivity contribution is 5.14. The molecule has 14 heavy (non-hydrogen) atoms. The van der Waals surface area contributed by atoms with E-state index in [0.29, 0.717) is 11.9 Å². The van der Waals surface area contributed by atoms with Crippen molar-refractivity contribution in [2.24, 2.45) is 5.73 Å². The Morgan fingerprint density at radius 2 is 1.79 bits per heavy atom. The third kappa shape index (κ3) is 7.54. The summed E-state index contributed by atoms with van der Waals surface area (Å²) in [6.07, 6.45) is 1.25. The van der Waals surface area contributed by atoms with E-state index in [-0.39, 0.29) is 6.54 Å². The van der Waals surface area contributed by atoms with Gasteiger partial charge in [-0.15, -0.1) is 5.10 Å². The first-order valence-electron chi connectivity index (χ1n) is 4.98. The SMILES string of the molecule is CC.CCC.CNc1nnc(CN)o1. The molecule has 5 heteroatoms. The Morgan fingerprint density at radius 3 is 2.00 bits per heavy atom. The maximum atomic E-state index is 5.19. The summed E-state index contributed by atoms with van der Waals surface area (Å²) in [5.41, 5.74) is 5.19. The Balaban J connectivity index is 0. The predicted octanol–water partition coefficient (Wildman–Crippen LogP) is 2.01. The summed E-state index contributed by atoms with van der Waals surface area (Å²) in [6.45, 7) is 8.54. The van der Waals surface area contributed by atoms with Crippen LogP contribution in [0.5, 0.6) is 0 Å². The molecule has 1 aromatic rings. The van der Waals surface area contributed by atoms with Crippen molar-refractivity contribution in [2.45, 2.75) is 40.7 Å². The smallest absolute Gasteiger partial charge is 0.315 e. The number of nitrogens with one attached hydrogen (secondary N) is 1. The highest BCUT2D eigenvalue weighted by Crippen LogP contribution is 2.01. The van der Waals surface area contributed by atoms with Crippen molar-refractivity contribution in [1.29, 1.82) is 0 Å². The summed E-state index contributed by atoms with van der Waals surface area (Å²) in [5, 5.41) is 9.88. The van der Waals surface area contributed by atoms with Gasteiger partial charge < -0.3 is 15.5 Å². The van der Waals surface area contributed by atoms with Gasteiger partial charge >= 0.3 is 6.01 Å². The third-order valence-corrected chi connectivity index (χ3v) is 0.855. The average Bonchev–Trinajstić information content (AvgIpc) is 2.69. The maximum absolute atomic E-state index is 5.19. The lowest BCUT2D eigenvalue weighted by atomic mass is 10.6. The van der Waals surface area contributed by atoms with E-state index < -0.39 is 0 Å². The van der Waals surface area contributed by atoms with Crippen LogP contribution in [-0.4, -0.2) is 17.2 Å². The lowest BCUT2D eigenvalue weighted by Crippen LogP contribution is -1.95. The van der Waals surface area contributed by atoms with Crippen LogP contribution in [0.25, 0.3) is 0 Å². The molecule has 0 spiro atoms. The molecule has 1 aromatic heterocycles. The second-order valence-electron chi connectivity index (χ2n) is 2.16. The standard InChI is InChI=1S/C4H8N4O.C3H8.C2H6/c1-6-4-8-7-3(2-5)9-4;1-3-2;1-2/h2,5H2,1H3,(H,6,8);3H2,1-2H3;1-2H3. The van der Waals surface area contributed by atoms with Crippen molar-refractivity contribution < 1.29 is 4.42 Å². The molecule has 1 heterocycles. The molecule has 0 radical (unpaired) electrons. The molecule has 0 bridgehead atoms. The van der Waals surface area contributed by atoms with Crippen molar-refractivity contribution in [2.75, 3.05) is 12.4 Å². The highest BCUT2D eigenvalue weighted by Gasteiger charge is 1.98. The van der Waals surface area contributed by atoms with E-state index in [1.807, 2.05) is 13.8 Å². The second-order valence-corrected chi connectivity index (χ2v) is 2.16. The number of hydrogen-bond donors (Lipinski definition) is 2. The zero-order chi connectivity index (χ0) is 11.4. The van der Waals surface area contributed by atoms with E-state index in [1.54, 1.807) is 7.05 Å². The van der Waals surface area contributed by atoms with Gasteiger partial charge in [-0.1, -0.05) is 39.2 Å². The van der Waals surface area contributed by atoms with Crippen LogP contribution in [0, 0.1) is 0 Å². The van der Waals surface area contributed by atoms with Crippen LogP contribution in [0.15, 0.2) is 4.42 Å². The number of hydrogen-bond acceptors (Lipinski definition) is 5. The fourth-order valence-electron chi connectivity index (χ4n) is 0.437. The lowest BCUT2D eigenvalue weighted by Gasteiger charge is -1.84. The van der Waals surface area contributed by atoms with Gasteiger partial charge in [0.2, 0.25) is 5.89 Å². The summed E-state index contributed by atoms with van der Waals surface area (Å²) < 4.78 is 4.92. The van der Waals surface area contributed by atoms with Crippen molar-refractivity contribution in [1.82, 2.24) is 10.2 Å². The van der Waals surface area contributed by atoms with Gasteiger partial charge in [0, 0.05) is 7.05 Å². The van der Waals surface area contributed by atoms with Crippen molar-refractivity contribution in [3.8, 4) is 0 Å². The van der Waals surface area contributed by atoms with Crippen LogP contribution in [0.3, 0.4) is 0 Å². The normalized spacial score (nSPS) is 7.86. The number of rotatable bonds is 2. The molecule has 0 atom stereocenters. The van der Waals surface area contributed by atoms with E-state index in [2.05, 4.69) is 29.4 Å². The van der Waals surface area contributed by atoms with Crippen LogP contribution in [0.2, 0.25) is 0 Å². The summed E-state index contributed by atoms with van der Waals surface area (Å²) in [4.78, 5) is 0. The van der Waals surface area contributed by atoms with Crippen LogP contribution in [0.1, 0.15) is 40.0 Å². The molecule has 0 aliphatic heterocycles. The Hall–Kier alpha value is -1.10. The van der Waals surface area contributed by atoms with E-state index >= 15 is 0 Å². The molecule has 84 valence electrons. The number of nitrogens with two attached hydrogens (primary N) is 1. The van der Waals surface area contributed by atoms with Crippen LogP contribution >= 0.6 is 0 Å². The average molecular weight is 202 g/mol. The molecule has 0 amide bonds. The molecule has 0 aromatic carbocycles. The largest absolute Gasteiger partial charge is 0.407 e. The van der Waals surface area contributed by atoms with E-state index in [9.17, 15) is 0 Å². The van der Waals surface area contributed by atoms with E-state index in [0.717, 1.165) is 0 Å². The lowest BCUT2D eigenvalue weighted by molar-refractivity contribution is 0.510. The van der Waals surface area contributed by atoms with Crippen molar-refractivity contribution >= 4 is 6.01 Å². The second kappa shape index (κ2) is 11.9. The van der Waals surface area contributed by atoms with Gasteiger partial charge in [0.05, 0.1) is 6.54 Å². The summed E-state index contributed by atoms with van der Waals surface area (Å²) >= 11 is 0. The van der Waals surface area contributed by atoms with Crippen molar-refractivity contribution in [3.05, 3.63) is 5.89 Å². The van der Waals surface area contributed by atoms with E-state index in [1.165, 1.54) is 6.42 Å². The number of nitrogens with zero attached hydrogens (tertiary/aromatic N) is 2. The van der Waals surface area contributed by atoms with Crippen LogP contribution in [0.4, 0.5) is 6.01 Å². The summed E-state index contributed by atoms with van der Waals surface area (Å²) in [5.74, 6) is 0.444. The fourth-order valence-corrected chi connectivity index (χ4v) is 0.437. The van der Waals surface area contributed by atoms with Gasteiger partial charge in [-0.3, -0.25) is 0 Å². The minimum atomic E-state index is 0.286. The molecular weight excluding hydrogens is 180 g/mol. The molecule has 0 aliphatic carbocycles. The Labute approximate surface area is 86.1 Å². The van der Waals surface area contributed by atoms with Crippen LogP contribution < -0.4 is 11.1 Å². The highest BCUT2D eigenvalue weighted by atomic mass is 16.4. The first-order chi connectivity index (χ1) is 6.78. The molecule has 5 nitrogen and oxygen atoms in total. The molecule has 0 saturated heterocycles.